The molecule has 0 spiro atoms. The maximum Gasteiger partial charge on any atom is 0.326 e. The first-order valence-corrected chi connectivity index (χ1v) is 20.0. The zero-order chi connectivity index (χ0) is 45.8. The molecule has 2 rings (SSSR count). The predicted octanol–water partition coefficient (Wildman–Crippen LogP) is -7.15. The van der Waals surface area contributed by atoms with E-state index in [0.717, 1.165) is 0 Å². The number of aliphatic carboxylic acids is 1. The molecule has 0 aromatic carbocycles. The highest BCUT2D eigenvalue weighted by molar-refractivity contribution is 5.97. The van der Waals surface area contributed by atoms with Crippen LogP contribution in [0.1, 0.15) is 71.1 Å². The summed E-state index contributed by atoms with van der Waals surface area (Å²) in [5.74, 6) is -6.54. The fraction of sp³-hybridized carbons (Fsp3) is 0.714. The minimum absolute atomic E-state index is 0.0380. The van der Waals surface area contributed by atoms with E-state index in [1.165, 1.54) is 16.7 Å². The molecule has 0 bridgehead atoms. The van der Waals surface area contributed by atoms with E-state index in [-0.39, 0.29) is 102 Å². The number of aliphatic imine (C=N–C) groups is 3. The van der Waals surface area contributed by atoms with Crippen molar-refractivity contribution in [3.63, 3.8) is 0 Å². The van der Waals surface area contributed by atoms with Crippen LogP contribution in [0.2, 0.25) is 0 Å². The Bertz CT molecular complexity index is 1620. The number of hydrogen-bond acceptors (Lipinski definition) is 13. The molecule has 0 aliphatic carbocycles. The van der Waals surface area contributed by atoms with Crippen LogP contribution in [0, 0.1) is 0 Å². The van der Waals surface area contributed by atoms with Gasteiger partial charge in [-0.25, -0.2) is 4.79 Å². The van der Waals surface area contributed by atoms with Gasteiger partial charge in [0.05, 0.1) is 12.7 Å². The zero-order valence-corrected chi connectivity index (χ0v) is 34.4. The van der Waals surface area contributed by atoms with Gasteiger partial charge in [0, 0.05) is 32.7 Å². The third-order valence-electron chi connectivity index (χ3n) is 9.95. The first-order valence-electron chi connectivity index (χ1n) is 20.0. The number of guanidine groups is 3. The zero-order valence-electron chi connectivity index (χ0n) is 34.4. The van der Waals surface area contributed by atoms with Gasteiger partial charge in [-0.05, 0) is 71.1 Å². The van der Waals surface area contributed by atoms with Crippen molar-refractivity contribution in [1.29, 1.82) is 0 Å². The maximum absolute atomic E-state index is 14.4. The van der Waals surface area contributed by atoms with Crippen molar-refractivity contribution in [2.45, 2.75) is 120 Å². The van der Waals surface area contributed by atoms with Gasteiger partial charge in [0.25, 0.3) is 0 Å². The number of carbonyl (C=O) groups excluding carboxylic acids is 6. The molecule has 2 aliphatic rings. The van der Waals surface area contributed by atoms with E-state index in [1.54, 1.807) is 0 Å². The van der Waals surface area contributed by atoms with Gasteiger partial charge < -0.3 is 86.5 Å². The highest BCUT2D eigenvalue weighted by Gasteiger charge is 2.42. The topological polar surface area (TPSA) is 454 Å². The number of carboxylic acid groups (broad SMARTS) is 1. The number of hydrogen-bond donors (Lipinski definition) is 14. The second-order valence-corrected chi connectivity index (χ2v) is 14.8. The monoisotopic (exact) mass is 868 g/mol. The molecule has 2 saturated heterocycles. The number of carboxylic acids is 1. The molecule has 0 aromatic heterocycles. The standard InChI is InChI=1S/C35H64N16O10/c1-18(53)25(49-26(54)19(36)17-52)29(57)46-20(7-2-12-43-33(37)38)27(55)47-21(8-3-13-44-34(39)40)30(58)50-15-5-10-23(50)28(56)48-22(9-4-14-45-35(41)42)31(59)51-16-6-11-24(51)32(60)61/h18-25,52-53H,2-17,36H2,1H3,(H,46,57)(H,47,55)(H,48,56)(H,49,54)(H,60,61)(H4,37,38,43)(H4,39,40,44)(H4,41,42,45). The van der Waals surface area contributed by atoms with Crippen molar-refractivity contribution >= 4 is 59.3 Å². The number of aliphatic hydroxyl groups excluding tert-OH is 2. The third-order valence-corrected chi connectivity index (χ3v) is 9.95. The summed E-state index contributed by atoms with van der Waals surface area (Å²) >= 11 is 0. The van der Waals surface area contributed by atoms with Gasteiger partial charge in [0.15, 0.2) is 17.9 Å². The molecule has 344 valence electrons. The Kier molecular flexibility index (Phi) is 21.4. The van der Waals surface area contributed by atoms with Crippen molar-refractivity contribution in [2.24, 2.45) is 55.1 Å². The lowest BCUT2D eigenvalue weighted by molar-refractivity contribution is -0.150. The van der Waals surface area contributed by atoms with Crippen LogP contribution in [0.25, 0.3) is 0 Å². The number of likely N-dealkylation sites (tertiary alicyclic amines) is 2. The van der Waals surface area contributed by atoms with Crippen LogP contribution >= 0.6 is 0 Å². The number of rotatable bonds is 25. The molecule has 2 aliphatic heterocycles. The smallest absolute Gasteiger partial charge is 0.326 e. The van der Waals surface area contributed by atoms with Gasteiger partial charge in [0.2, 0.25) is 35.4 Å². The Hall–Kier alpha value is -6.02. The average molecular weight is 869 g/mol. The summed E-state index contributed by atoms with van der Waals surface area (Å²) in [6.07, 6.45) is 0.288. The average Bonchev–Trinajstić information content (AvgIpc) is 3.90. The summed E-state index contributed by atoms with van der Waals surface area (Å²) in [5.41, 5.74) is 38.2. The second kappa shape index (κ2) is 25.6. The van der Waals surface area contributed by atoms with Gasteiger partial charge in [-0.1, -0.05) is 0 Å². The molecule has 0 aromatic rings. The molecule has 6 amide bonds. The number of nitrogens with one attached hydrogen (secondary N) is 4. The van der Waals surface area contributed by atoms with Crippen molar-refractivity contribution in [3.05, 3.63) is 0 Å². The number of nitrogens with two attached hydrogens (primary N) is 7. The SMILES string of the molecule is CC(O)C(NC(=O)C(N)CO)C(=O)NC(CCCN=C(N)N)C(=O)NC(CCCN=C(N)N)C(=O)N1CCCC1C(=O)NC(CCCN=C(N)N)C(=O)N1CCCC1C(=O)O. The minimum atomic E-state index is -1.61. The first kappa shape index (κ1) is 51.1. The molecule has 21 N–H and O–H groups in total. The first-order chi connectivity index (χ1) is 28.8. The Labute approximate surface area is 352 Å². The molecule has 61 heavy (non-hydrogen) atoms. The summed E-state index contributed by atoms with van der Waals surface area (Å²) in [5, 5.41) is 39.4. The highest BCUT2D eigenvalue weighted by atomic mass is 16.4. The summed E-state index contributed by atoms with van der Waals surface area (Å²) in [6, 6.07) is -9.05. The quantitative estimate of drug-likeness (QED) is 0.0230. The van der Waals surface area contributed by atoms with E-state index in [1.807, 2.05) is 0 Å². The van der Waals surface area contributed by atoms with Crippen LogP contribution in [0.4, 0.5) is 0 Å². The number of aliphatic hydroxyl groups is 2. The fourth-order valence-electron chi connectivity index (χ4n) is 6.84. The molecule has 2 heterocycles. The maximum atomic E-state index is 14.4. The number of carbonyl (C=O) groups is 7. The predicted molar refractivity (Wildman–Crippen MR) is 221 cm³/mol. The lowest BCUT2D eigenvalue weighted by Gasteiger charge is -2.32. The van der Waals surface area contributed by atoms with Crippen molar-refractivity contribution in [1.82, 2.24) is 31.1 Å². The van der Waals surface area contributed by atoms with Crippen molar-refractivity contribution in [2.75, 3.05) is 39.3 Å². The van der Waals surface area contributed by atoms with Gasteiger partial charge in [-0.3, -0.25) is 43.7 Å². The molecule has 0 saturated carbocycles. The molecule has 0 radical (unpaired) electrons. The van der Waals surface area contributed by atoms with Gasteiger partial charge in [0.1, 0.15) is 42.3 Å². The van der Waals surface area contributed by atoms with E-state index in [4.69, 9.17) is 40.1 Å². The third kappa shape index (κ3) is 16.9. The molecule has 26 heteroatoms. The van der Waals surface area contributed by atoms with Crippen molar-refractivity contribution in [3.8, 4) is 0 Å². The summed E-state index contributed by atoms with van der Waals surface area (Å²) in [7, 11) is 0. The van der Waals surface area contributed by atoms with Crippen LogP contribution in [0.5, 0.6) is 0 Å². The number of amides is 6. The minimum Gasteiger partial charge on any atom is -0.480 e. The van der Waals surface area contributed by atoms with E-state index >= 15 is 0 Å². The van der Waals surface area contributed by atoms with Crippen LogP contribution in [-0.2, 0) is 33.6 Å². The second-order valence-electron chi connectivity index (χ2n) is 14.8. The van der Waals surface area contributed by atoms with E-state index in [2.05, 4.69) is 36.2 Å². The van der Waals surface area contributed by atoms with E-state index in [9.17, 15) is 48.9 Å². The summed E-state index contributed by atoms with van der Waals surface area (Å²) in [4.78, 5) is 108. The molecule has 26 nitrogen and oxygen atoms in total. The highest BCUT2D eigenvalue weighted by Crippen LogP contribution is 2.23. The molecular formula is C35H64N16O10. The van der Waals surface area contributed by atoms with Crippen LogP contribution < -0.4 is 61.4 Å². The van der Waals surface area contributed by atoms with Crippen LogP contribution in [-0.4, -0.2) is 172 Å². The van der Waals surface area contributed by atoms with Gasteiger partial charge in [-0.15, -0.1) is 0 Å². The lowest BCUT2D eigenvalue weighted by Crippen LogP contribution is -2.61. The fourth-order valence-corrected chi connectivity index (χ4v) is 6.84. The van der Waals surface area contributed by atoms with Crippen molar-refractivity contribution < 1.29 is 48.9 Å². The van der Waals surface area contributed by atoms with Crippen LogP contribution in [0.3, 0.4) is 0 Å². The number of nitrogens with zero attached hydrogens (tertiary/aromatic N) is 5. The van der Waals surface area contributed by atoms with E-state index < -0.39 is 96.4 Å². The lowest BCUT2D eigenvalue weighted by atomic mass is 10.0. The van der Waals surface area contributed by atoms with Gasteiger partial charge >= 0.3 is 5.97 Å². The molecule has 2 fully saturated rings. The Morgan fingerprint density at radius 3 is 1.51 bits per heavy atom. The Morgan fingerprint density at radius 2 is 1.07 bits per heavy atom. The van der Waals surface area contributed by atoms with E-state index in [0.29, 0.717) is 12.8 Å². The normalized spacial score (nSPS) is 18.9. The summed E-state index contributed by atoms with van der Waals surface area (Å²) < 4.78 is 0. The molecule has 8 atom stereocenters. The Balaban J connectivity index is 2.40. The molecule has 8 unspecified atom stereocenters. The summed E-state index contributed by atoms with van der Waals surface area (Å²) in [6.45, 7) is 0.961. The Morgan fingerprint density at radius 1 is 0.639 bits per heavy atom. The van der Waals surface area contributed by atoms with Crippen LogP contribution in [0.15, 0.2) is 15.0 Å². The van der Waals surface area contributed by atoms with Gasteiger partial charge in [-0.2, -0.15) is 0 Å². The largest absolute Gasteiger partial charge is 0.480 e. The molecular weight excluding hydrogens is 804 g/mol.